The molecule has 1 N–H and O–H groups in total. The minimum Gasteiger partial charge on any atom is -0.342 e. The molecule has 0 aromatic heterocycles. The second-order valence-corrected chi connectivity index (χ2v) is 4.62. The van der Waals surface area contributed by atoms with Gasteiger partial charge in [0.15, 0.2) is 0 Å². The van der Waals surface area contributed by atoms with Crippen LogP contribution in [0.2, 0.25) is 0 Å². The molecule has 1 rings (SSSR count). The standard InChI is InChI=1S/C14H20FN3O3/c1-4-17(5-2)14(19)10(3)16-9-11-7-6-8-12(13(11)15)18(20)21/h6-8,10,16H,4-5,9H2,1-3H3. The van der Waals surface area contributed by atoms with Gasteiger partial charge in [0.2, 0.25) is 11.7 Å². The molecule has 0 fully saturated rings. The number of carbonyl (C=O) groups is 1. The van der Waals surface area contributed by atoms with E-state index in [1.165, 1.54) is 12.1 Å². The van der Waals surface area contributed by atoms with Crippen molar-refractivity contribution < 1.29 is 14.1 Å². The largest absolute Gasteiger partial charge is 0.342 e. The Bertz CT molecular complexity index is 518. The number of nitrogens with one attached hydrogen (secondary N) is 1. The quantitative estimate of drug-likeness (QED) is 0.617. The van der Waals surface area contributed by atoms with Gasteiger partial charge in [0.25, 0.3) is 0 Å². The maximum atomic E-state index is 13.9. The maximum Gasteiger partial charge on any atom is 0.305 e. The van der Waals surface area contributed by atoms with Crippen molar-refractivity contribution in [3.05, 3.63) is 39.7 Å². The molecule has 0 aliphatic carbocycles. The van der Waals surface area contributed by atoms with Gasteiger partial charge in [0, 0.05) is 31.3 Å². The molecule has 0 aliphatic rings. The van der Waals surface area contributed by atoms with Crippen LogP contribution in [0, 0.1) is 15.9 Å². The molecule has 7 heteroatoms. The van der Waals surface area contributed by atoms with E-state index in [4.69, 9.17) is 0 Å². The van der Waals surface area contributed by atoms with Crippen LogP contribution in [-0.2, 0) is 11.3 Å². The molecule has 1 amide bonds. The Morgan fingerprint density at radius 2 is 2.05 bits per heavy atom. The predicted octanol–water partition coefficient (Wildman–Crippen LogP) is 2.08. The van der Waals surface area contributed by atoms with Crippen molar-refractivity contribution in [2.45, 2.75) is 33.4 Å². The third kappa shape index (κ3) is 4.22. The van der Waals surface area contributed by atoms with E-state index < -0.39 is 22.5 Å². The van der Waals surface area contributed by atoms with E-state index in [2.05, 4.69) is 5.32 Å². The summed E-state index contributed by atoms with van der Waals surface area (Å²) in [4.78, 5) is 23.6. The molecular formula is C14H20FN3O3. The zero-order valence-electron chi connectivity index (χ0n) is 12.4. The van der Waals surface area contributed by atoms with E-state index in [1.807, 2.05) is 13.8 Å². The van der Waals surface area contributed by atoms with Gasteiger partial charge in [-0.3, -0.25) is 14.9 Å². The number of hydrogen-bond donors (Lipinski definition) is 1. The highest BCUT2D eigenvalue weighted by molar-refractivity contribution is 5.81. The number of likely N-dealkylation sites (N-methyl/N-ethyl adjacent to an activating group) is 1. The number of benzene rings is 1. The van der Waals surface area contributed by atoms with Crippen molar-refractivity contribution in [1.29, 1.82) is 0 Å². The van der Waals surface area contributed by atoms with Crippen molar-refractivity contribution >= 4 is 11.6 Å². The normalized spacial score (nSPS) is 12.0. The van der Waals surface area contributed by atoms with E-state index in [1.54, 1.807) is 11.8 Å². The van der Waals surface area contributed by atoms with Crippen molar-refractivity contribution in [3.8, 4) is 0 Å². The van der Waals surface area contributed by atoms with Gasteiger partial charge >= 0.3 is 5.69 Å². The molecule has 0 saturated carbocycles. The summed E-state index contributed by atoms with van der Waals surface area (Å²) >= 11 is 0. The number of nitro benzene ring substituents is 1. The monoisotopic (exact) mass is 297 g/mol. The molecule has 0 saturated heterocycles. The first-order valence-corrected chi connectivity index (χ1v) is 6.86. The van der Waals surface area contributed by atoms with Crippen molar-refractivity contribution in [1.82, 2.24) is 10.2 Å². The molecule has 21 heavy (non-hydrogen) atoms. The topological polar surface area (TPSA) is 75.5 Å². The molecule has 116 valence electrons. The Hall–Kier alpha value is -2.02. The summed E-state index contributed by atoms with van der Waals surface area (Å²) in [5.41, 5.74) is -0.389. The first-order chi connectivity index (χ1) is 9.92. The Morgan fingerprint density at radius 3 is 2.57 bits per heavy atom. The lowest BCUT2D eigenvalue weighted by Gasteiger charge is -2.23. The zero-order chi connectivity index (χ0) is 16.0. The third-order valence-corrected chi connectivity index (χ3v) is 3.30. The Labute approximate surface area is 123 Å². The lowest BCUT2D eigenvalue weighted by Crippen LogP contribution is -2.44. The molecule has 1 aromatic carbocycles. The van der Waals surface area contributed by atoms with Crippen LogP contribution in [0.3, 0.4) is 0 Å². The number of carbonyl (C=O) groups excluding carboxylic acids is 1. The first-order valence-electron chi connectivity index (χ1n) is 6.86. The third-order valence-electron chi connectivity index (χ3n) is 3.30. The van der Waals surface area contributed by atoms with E-state index in [9.17, 15) is 19.3 Å². The molecule has 0 spiro atoms. The minimum absolute atomic E-state index is 0.0572. The fraction of sp³-hybridized carbons (Fsp3) is 0.500. The molecule has 1 unspecified atom stereocenters. The number of halogens is 1. The van der Waals surface area contributed by atoms with Crippen LogP contribution in [0.4, 0.5) is 10.1 Å². The summed E-state index contributed by atoms with van der Waals surface area (Å²) in [7, 11) is 0. The van der Waals surface area contributed by atoms with Crippen LogP contribution >= 0.6 is 0 Å². The Morgan fingerprint density at radius 1 is 1.43 bits per heavy atom. The average Bonchev–Trinajstić information content (AvgIpc) is 2.46. The molecule has 0 bridgehead atoms. The van der Waals surface area contributed by atoms with Crippen LogP contribution < -0.4 is 5.32 Å². The highest BCUT2D eigenvalue weighted by Crippen LogP contribution is 2.20. The van der Waals surface area contributed by atoms with Crippen molar-refractivity contribution in [2.24, 2.45) is 0 Å². The first kappa shape index (κ1) is 17.0. The van der Waals surface area contributed by atoms with Gasteiger partial charge < -0.3 is 10.2 Å². The summed E-state index contributed by atoms with van der Waals surface area (Å²) in [5, 5.41) is 13.6. The van der Waals surface area contributed by atoms with Gasteiger partial charge in [0.05, 0.1) is 11.0 Å². The SMILES string of the molecule is CCN(CC)C(=O)C(C)NCc1cccc([N+](=O)[O-])c1F. The van der Waals surface area contributed by atoms with Gasteiger partial charge in [0.1, 0.15) is 0 Å². The van der Waals surface area contributed by atoms with Gasteiger partial charge in [-0.15, -0.1) is 0 Å². The highest BCUT2D eigenvalue weighted by atomic mass is 19.1. The van der Waals surface area contributed by atoms with Crippen LogP contribution in [0.5, 0.6) is 0 Å². The molecule has 0 heterocycles. The molecule has 6 nitrogen and oxygen atoms in total. The summed E-state index contributed by atoms with van der Waals surface area (Å²) < 4.78 is 13.9. The highest BCUT2D eigenvalue weighted by Gasteiger charge is 2.20. The zero-order valence-corrected chi connectivity index (χ0v) is 12.4. The molecular weight excluding hydrogens is 277 g/mol. The lowest BCUT2D eigenvalue weighted by atomic mass is 10.1. The van der Waals surface area contributed by atoms with Gasteiger partial charge in [-0.05, 0) is 20.8 Å². The van der Waals surface area contributed by atoms with E-state index in [0.29, 0.717) is 13.1 Å². The Balaban J connectivity index is 2.73. The fourth-order valence-electron chi connectivity index (χ4n) is 2.00. The lowest BCUT2D eigenvalue weighted by molar-refractivity contribution is -0.387. The maximum absolute atomic E-state index is 13.9. The van der Waals surface area contributed by atoms with Crippen LogP contribution in [0.25, 0.3) is 0 Å². The summed E-state index contributed by atoms with van der Waals surface area (Å²) in [6.45, 7) is 6.72. The van der Waals surface area contributed by atoms with E-state index >= 15 is 0 Å². The van der Waals surface area contributed by atoms with Gasteiger partial charge in [-0.2, -0.15) is 4.39 Å². The summed E-state index contributed by atoms with van der Waals surface area (Å²) in [5.74, 6) is -0.941. The minimum atomic E-state index is -0.863. The molecule has 1 atom stereocenters. The number of amides is 1. The summed E-state index contributed by atoms with van der Waals surface area (Å²) in [6.07, 6.45) is 0. The van der Waals surface area contributed by atoms with Crippen LogP contribution in [0.15, 0.2) is 18.2 Å². The van der Waals surface area contributed by atoms with Gasteiger partial charge in [-0.25, -0.2) is 0 Å². The van der Waals surface area contributed by atoms with E-state index in [0.717, 1.165) is 6.07 Å². The average molecular weight is 297 g/mol. The number of nitrogens with zero attached hydrogens (tertiary/aromatic N) is 2. The van der Waals surface area contributed by atoms with Crippen molar-refractivity contribution in [2.75, 3.05) is 13.1 Å². The van der Waals surface area contributed by atoms with Gasteiger partial charge in [-0.1, -0.05) is 12.1 Å². The molecule has 0 aliphatic heterocycles. The molecule has 1 aromatic rings. The molecule has 0 radical (unpaired) electrons. The summed E-state index contributed by atoms with van der Waals surface area (Å²) in [6, 6.07) is 3.52. The smallest absolute Gasteiger partial charge is 0.305 e. The number of hydrogen-bond acceptors (Lipinski definition) is 4. The fourth-order valence-corrected chi connectivity index (χ4v) is 2.00. The predicted molar refractivity (Wildman–Crippen MR) is 77.3 cm³/mol. The van der Waals surface area contributed by atoms with Crippen LogP contribution in [-0.4, -0.2) is 34.9 Å². The van der Waals surface area contributed by atoms with Crippen LogP contribution in [0.1, 0.15) is 26.3 Å². The Kier molecular flexibility index (Phi) is 6.23. The number of rotatable bonds is 7. The number of nitro groups is 1. The van der Waals surface area contributed by atoms with E-state index in [-0.39, 0.29) is 18.0 Å². The second kappa shape index (κ2) is 7.68. The van der Waals surface area contributed by atoms with Crippen molar-refractivity contribution in [3.63, 3.8) is 0 Å². The second-order valence-electron chi connectivity index (χ2n) is 4.62.